The van der Waals surface area contributed by atoms with E-state index in [0.29, 0.717) is 6.42 Å². The van der Waals surface area contributed by atoms with E-state index in [-0.39, 0.29) is 26.0 Å². The fraction of sp³-hybridized carbons (Fsp3) is 0.962. The van der Waals surface area contributed by atoms with E-state index in [1.165, 1.54) is 0 Å². The Balaban J connectivity index is 1.62. The van der Waals surface area contributed by atoms with E-state index in [2.05, 4.69) is 6.92 Å². The van der Waals surface area contributed by atoms with E-state index in [1.807, 2.05) is 0 Å². The molecule has 0 bridgehead atoms. The van der Waals surface area contributed by atoms with Gasteiger partial charge in [-0.15, -0.1) is 0 Å². The summed E-state index contributed by atoms with van der Waals surface area (Å²) in [6, 6.07) is -2.96. The summed E-state index contributed by atoms with van der Waals surface area (Å²) in [7, 11) is 0. The number of carbonyl (C=O) groups excluding carboxylic acids is 1. The van der Waals surface area contributed by atoms with Crippen LogP contribution in [0.4, 0.5) is 0 Å². The highest BCUT2D eigenvalue weighted by atomic mass is 16.7. The Labute approximate surface area is 245 Å². The molecule has 2 saturated heterocycles. The second-order valence-corrected chi connectivity index (χ2v) is 11.5. The second-order valence-electron chi connectivity index (χ2n) is 11.5. The molecule has 0 aromatic rings. The summed E-state index contributed by atoms with van der Waals surface area (Å²) in [6.45, 7) is 1.58. The Bertz CT molecular complexity index is 830. The highest BCUT2D eigenvalue weighted by Gasteiger charge is 2.51. The molecule has 0 radical (unpaired) electrons. The molecule has 1 aliphatic carbocycles. The number of aliphatic hydroxyl groups is 6. The van der Waals surface area contributed by atoms with Crippen molar-refractivity contribution in [1.82, 2.24) is 0 Å². The zero-order valence-electron chi connectivity index (χ0n) is 24.0. The first-order valence-corrected chi connectivity index (χ1v) is 14.7. The van der Waals surface area contributed by atoms with Gasteiger partial charge in [0.15, 0.2) is 12.6 Å². The Morgan fingerprint density at radius 1 is 0.738 bits per heavy atom. The van der Waals surface area contributed by atoms with Crippen molar-refractivity contribution < 1.29 is 59.1 Å². The van der Waals surface area contributed by atoms with Gasteiger partial charge in [-0.05, 0) is 12.8 Å². The number of carbonyl (C=O) groups is 1. The minimum absolute atomic E-state index is 0.0670. The highest BCUT2D eigenvalue weighted by molar-refractivity contribution is 5.69. The van der Waals surface area contributed by atoms with Gasteiger partial charge in [0, 0.05) is 25.0 Å². The maximum atomic E-state index is 12.2. The Morgan fingerprint density at radius 3 is 1.90 bits per heavy atom. The molecule has 2 heterocycles. The van der Waals surface area contributed by atoms with Gasteiger partial charge in [-0.2, -0.15) is 0 Å². The SMILES string of the molecule is CCCCCCCC(=O)OC[C@H]1OC(OC2C(N)CC(N)C(O[C@H]3OC(CN)[C@@H](O)C(O)C3O)[C@@H]2O)[C@H](O)C(N)C1O. The molecule has 3 aliphatic rings. The first kappa shape index (κ1) is 35.4. The third-order valence-corrected chi connectivity index (χ3v) is 8.20. The van der Waals surface area contributed by atoms with Crippen LogP contribution in [0.5, 0.6) is 0 Å². The summed E-state index contributed by atoms with van der Waals surface area (Å²) in [5.41, 5.74) is 24.0. The minimum atomic E-state index is -1.68. The van der Waals surface area contributed by atoms with Crippen LogP contribution in [0, 0.1) is 0 Å². The molecule has 2 aliphatic heterocycles. The van der Waals surface area contributed by atoms with E-state index in [9.17, 15) is 35.4 Å². The smallest absolute Gasteiger partial charge is 0.305 e. The standard InChI is InChI=1S/C26H50N4O12/c1-2-3-4-5-6-7-15(31)38-10-14-17(32)16(30)19(34)25(40-14)41-23-11(28)8-12(29)24(22(23)37)42-26-21(36)20(35)18(33)13(9-27)39-26/h11-14,16-26,32-37H,2-10,27-30H2,1H3/t11?,12?,13?,14-,16?,17?,18-,19-,20?,21?,22-,23?,24?,25?,26-/m1/s1. The largest absolute Gasteiger partial charge is 0.463 e. The fourth-order valence-electron chi connectivity index (χ4n) is 5.51. The van der Waals surface area contributed by atoms with Crippen LogP contribution in [-0.4, -0.2) is 142 Å². The Kier molecular flexibility index (Phi) is 13.7. The zero-order chi connectivity index (χ0) is 31.1. The molecule has 10 unspecified atom stereocenters. The lowest BCUT2D eigenvalue weighted by Gasteiger charge is -2.48. The van der Waals surface area contributed by atoms with Crippen LogP contribution in [0.1, 0.15) is 51.9 Å². The number of hydrogen-bond acceptors (Lipinski definition) is 16. The average Bonchev–Trinajstić information content (AvgIpc) is 2.96. The molecule has 16 nitrogen and oxygen atoms in total. The van der Waals surface area contributed by atoms with Crippen molar-refractivity contribution in [2.24, 2.45) is 22.9 Å². The number of ether oxygens (including phenoxy) is 5. The predicted molar refractivity (Wildman–Crippen MR) is 145 cm³/mol. The molecule has 0 spiro atoms. The number of rotatable bonds is 13. The maximum absolute atomic E-state index is 12.2. The van der Waals surface area contributed by atoms with Crippen molar-refractivity contribution in [3.8, 4) is 0 Å². The van der Waals surface area contributed by atoms with E-state index in [1.54, 1.807) is 0 Å². The molecule has 0 aromatic carbocycles. The van der Waals surface area contributed by atoms with Gasteiger partial charge >= 0.3 is 5.97 Å². The molecule has 3 rings (SSSR count). The van der Waals surface area contributed by atoms with Gasteiger partial charge in [0.1, 0.15) is 67.6 Å². The van der Waals surface area contributed by atoms with Gasteiger partial charge in [0.2, 0.25) is 0 Å². The Morgan fingerprint density at radius 2 is 1.31 bits per heavy atom. The summed E-state index contributed by atoms with van der Waals surface area (Å²) in [5.74, 6) is -0.459. The van der Waals surface area contributed by atoms with Gasteiger partial charge < -0.3 is 77.3 Å². The molecule has 246 valence electrons. The number of esters is 1. The normalized spacial score (nSPS) is 44.6. The van der Waals surface area contributed by atoms with E-state index in [4.69, 9.17) is 46.6 Å². The van der Waals surface area contributed by atoms with Crippen molar-refractivity contribution in [1.29, 1.82) is 0 Å². The summed E-state index contributed by atoms with van der Waals surface area (Å²) in [5, 5.41) is 63.0. The highest BCUT2D eigenvalue weighted by Crippen LogP contribution is 2.31. The molecule has 3 fully saturated rings. The van der Waals surface area contributed by atoms with Crippen molar-refractivity contribution in [3.63, 3.8) is 0 Å². The summed E-state index contributed by atoms with van der Waals surface area (Å²) >= 11 is 0. The van der Waals surface area contributed by atoms with E-state index >= 15 is 0 Å². The number of aliphatic hydroxyl groups excluding tert-OH is 6. The molecule has 15 atom stereocenters. The third kappa shape index (κ3) is 8.54. The monoisotopic (exact) mass is 610 g/mol. The molecule has 1 saturated carbocycles. The number of hydrogen-bond donors (Lipinski definition) is 10. The Hall–Kier alpha value is -1.09. The first-order valence-electron chi connectivity index (χ1n) is 14.7. The van der Waals surface area contributed by atoms with Crippen LogP contribution in [-0.2, 0) is 28.5 Å². The lowest BCUT2D eigenvalue weighted by atomic mass is 9.84. The van der Waals surface area contributed by atoms with Crippen LogP contribution in [0.3, 0.4) is 0 Å². The lowest BCUT2D eigenvalue weighted by molar-refractivity contribution is -0.332. The van der Waals surface area contributed by atoms with Crippen molar-refractivity contribution in [2.45, 2.75) is 144 Å². The molecular formula is C26H50N4O12. The average molecular weight is 611 g/mol. The molecule has 16 heteroatoms. The van der Waals surface area contributed by atoms with Gasteiger partial charge in [-0.1, -0.05) is 32.6 Å². The van der Waals surface area contributed by atoms with Crippen molar-refractivity contribution in [2.75, 3.05) is 13.2 Å². The second kappa shape index (κ2) is 16.3. The summed E-state index contributed by atoms with van der Waals surface area (Å²) in [4.78, 5) is 12.2. The minimum Gasteiger partial charge on any atom is -0.463 e. The van der Waals surface area contributed by atoms with Crippen LogP contribution in [0.15, 0.2) is 0 Å². The van der Waals surface area contributed by atoms with Crippen molar-refractivity contribution >= 4 is 5.97 Å². The van der Waals surface area contributed by atoms with Gasteiger partial charge in [-0.3, -0.25) is 4.79 Å². The number of nitrogens with two attached hydrogens (primary N) is 4. The van der Waals surface area contributed by atoms with Gasteiger partial charge in [0.05, 0.1) is 6.04 Å². The topological polar surface area (TPSA) is 289 Å². The van der Waals surface area contributed by atoms with E-state index in [0.717, 1.165) is 25.7 Å². The van der Waals surface area contributed by atoms with Crippen LogP contribution in [0.2, 0.25) is 0 Å². The van der Waals surface area contributed by atoms with Crippen molar-refractivity contribution in [3.05, 3.63) is 0 Å². The van der Waals surface area contributed by atoms with Crippen LogP contribution < -0.4 is 22.9 Å². The summed E-state index contributed by atoms with van der Waals surface area (Å²) < 4.78 is 28.1. The molecule has 0 aromatic heterocycles. The molecular weight excluding hydrogens is 560 g/mol. The predicted octanol–water partition coefficient (Wildman–Crippen LogP) is -4.38. The zero-order valence-corrected chi connectivity index (χ0v) is 24.0. The number of unbranched alkanes of at least 4 members (excludes halogenated alkanes) is 4. The van der Waals surface area contributed by atoms with Crippen LogP contribution in [0.25, 0.3) is 0 Å². The van der Waals surface area contributed by atoms with E-state index < -0.39 is 97.7 Å². The third-order valence-electron chi connectivity index (χ3n) is 8.20. The quantitative estimate of drug-likeness (QED) is 0.0696. The summed E-state index contributed by atoms with van der Waals surface area (Å²) in [6.07, 6.45) is -11.8. The fourth-order valence-corrected chi connectivity index (χ4v) is 5.51. The molecule has 14 N–H and O–H groups in total. The maximum Gasteiger partial charge on any atom is 0.305 e. The molecule has 42 heavy (non-hydrogen) atoms. The molecule has 0 amide bonds. The first-order chi connectivity index (χ1) is 19.9. The lowest BCUT2D eigenvalue weighted by Crippen LogP contribution is -2.68. The van der Waals surface area contributed by atoms with Gasteiger partial charge in [-0.25, -0.2) is 0 Å². The van der Waals surface area contributed by atoms with Crippen LogP contribution >= 0.6 is 0 Å². The van der Waals surface area contributed by atoms with Gasteiger partial charge in [0.25, 0.3) is 0 Å².